The van der Waals surface area contributed by atoms with Crippen LogP contribution in [0.2, 0.25) is 0 Å². The Balaban J connectivity index is 2.27. The number of carboxylic acids is 1. The molecule has 1 aliphatic heterocycles. The van der Waals surface area contributed by atoms with Crippen LogP contribution in [0.25, 0.3) is 11.1 Å². The molecular formula is C27H37NO3. The Bertz CT molecular complexity index is 968. The molecule has 1 atom stereocenters. The van der Waals surface area contributed by atoms with E-state index in [-0.39, 0.29) is 0 Å². The summed E-state index contributed by atoms with van der Waals surface area (Å²) in [6.45, 7) is 19.3. The zero-order valence-electron chi connectivity index (χ0n) is 20.3. The molecule has 0 amide bonds. The SMILES string of the molecule is Cc1ccc(-c2c(C)c3c(c(C)c2C(OC(C)(C)C)C(=O)O)CN(CC(C)C)C3)cc1. The van der Waals surface area contributed by atoms with Crippen molar-refractivity contribution in [2.45, 2.75) is 80.2 Å². The molecule has 0 bridgehead atoms. The van der Waals surface area contributed by atoms with Crippen LogP contribution in [0.15, 0.2) is 24.3 Å². The molecule has 1 N–H and O–H groups in total. The van der Waals surface area contributed by atoms with E-state index < -0.39 is 17.7 Å². The number of carbonyl (C=O) groups is 1. The molecule has 31 heavy (non-hydrogen) atoms. The Morgan fingerprint density at radius 1 is 1.03 bits per heavy atom. The van der Waals surface area contributed by atoms with Gasteiger partial charge in [-0.1, -0.05) is 43.7 Å². The molecule has 2 aromatic rings. The van der Waals surface area contributed by atoms with Crippen molar-refractivity contribution in [1.82, 2.24) is 4.90 Å². The van der Waals surface area contributed by atoms with E-state index >= 15 is 0 Å². The van der Waals surface area contributed by atoms with E-state index in [0.29, 0.717) is 5.92 Å². The molecule has 4 nitrogen and oxygen atoms in total. The maximum atomic E-state index is 12.5. The van der Waals surface area contributed by atoms with Crippen LogP contribution in [0.1, 0.15) is 74.1 Å². The molecule has 2 aromatic carbocycles. The maximum Gasteiger partial charge on any atom is 0.337 e. The molecule has 0 radical (unpaired) electrons. The van der Waals surface area contributed by atoms with Crippen LogP contribution in [-0.4, -0.2) is 28.1 Å². The molecule has 1 heterocycles. The lowest BCUT2D eigenvalue weighted by molar-refractivity contribution is -0.160. The summed E-state index contributed by atoms with van der Waals surface area (Å²) in [5.74, 6) is -0.357. The van der Waals surface area contributed by atoms with Crippen molar-refractivity contribution >= 4 is 5.97 Å². The second kappa shape index (κ2) is 8.76. The minimum atomic E-state index is -1.01. The number of aryl methyl sites for hydroxylation is 1. The lowest BCUT2D eigenvalue weighted by atomic mass is 9.83. The van der Waals surface area contributed by atoms with Gasteiger partial charge in [-0.25, -0.2) is 4.79 Å². The van der Waals surface area contributed by atoms with Crippen LogP contribution < -0.4 is 0 Å². The summed E-state index contributed by atoms with van der Waals surface area (Å²) >= 11 is 0. The highest BCUT2D eigenvalue weighted by Crippen LogP contribution is 2.43. The summed E-state index contributed by atoms with van der Waals surface area (Å²) in [7, 11) is 0. The van der Waals surface area contributed by atoms with Gasteiger partial charge in [-0.3, -0.25) is 4.90 Å². The number of carboxylic acid groups (broad SMARTS) is 1. The van der Waals surface area contributed by atoms with Crippen molar-refractivity contribution in [1.29, 1.82) is 0 Å². The molecule has 168 valence electrons. The zero-order valence-corrected chi connectivity index (χ0v) is 20.3. The summed E-state index contributed by atoms with van der Waals surface area (Å²) in [5, 5.41) is 10.2. The molecule has 0 spiro atoms. The number of ether oxygens (including phenoxy) is 1. The van der Waals surface area contributed by atoms with E-state index in [1.54, 1.807) is 0 Å². The van der Waals surface area contributed by atoms with Crippen LogP contribution in [0.5, 0.6) is 0 Å². The van der Waals surface area contributed by atoms with Crippen molar-refractivity contribution in [3.8, 4) is 11.1 Å². The largest absolute Gasteiger partial charge is 0.479 e. The molecule has 3 rings (SSSR count). The molecule has 0 saturated carbocycles. The quantitative estimate of drug-likeness (QED) is 0.602. The molecule has 0 aromatic heterocycles. The first-order valence-electron chi connectivity index (χ1n) is 11.2. The maximum absolute atomic E-state index is 12.5. The van der Waals surface area contributed by atoms with E-state index in [1.807, 2.05) is 20.8 Å². The van der Waals surface area contributed by atoms with Gasteiger partial charge in [0.25, 0.3) is 0 Å². The van der Waals surface area contributed by atoms with Gasteiger partial charge in [0, 0.05) is 25.2 Å². The Morgan fingerprint density at radius 2 is 1.58 bits per heavy atom. The van der Waals surface area contributed by atoms with Crippen molar-refractivity contribution < 1.29 is 14.6 Å². The lowest BCUT2D eigenvalue weighted by Gasteiger charge is -2.30. The third kappa shape index (κ3) is 5.02. The highest BCUT2D eigenvalue weighted by molar-refractivity contribution is 5.84. The van der Waals surface area contributed by atoms with Crippen molar-refractivity contribution in [2.75, 3.05) is 6.54 Å². The monoisotopic (exact) mass is 423 g/mol. The Morgan fingerprint density at radius 3 is 2.06 bits per heavy atom. The average Bonchev–Trinajstić information content (AvgIpc) is 3.06. The van der Waals surface area contributed by atoms with Gasteiger partial charge in [-0.15, -0.1) is 0 Å². The number of fused-ring (bicyclic) bond motifs is 1. The number of nitrogens with zero attached hydrogens (tertiary/aromatic N) is 1. The van der Waals surface area contributed by atoms with Crippen LogP contribution in [0.3, 0.4) is 0 Å². The number of hydrogen-bond donors (Lipinski definition) is 1. The third-order valence-corrected chi connectivity index (χ3v) is 6.00. The number of rotatable bonds is 6. The van der Waals surface area contributed by atoms with Gasteiger partial charge < -0.3 is 9.84 Å². The number of aliphatic carboxylic acids is 1. The second-order valence-corrected chi connectivity index (χ2v) is 10.4. The Kier molecular flexibility index (Phi) is 6.64. The third-order valence-electron chi connectivity index (χ3n) is 6.00. The van der Waals surface area contributed by atoms with Gasteiger partial charge in [-0.05, 0) is 80.8 Å². The summed E-state index contributed by atoms with van der Waals surface area (Å²) in [6.07, 6.45) is -1.01. The van der Waals surface area contributed by atoms with Crippen molar-refractivity contribution in [3.63, 3.8) is 0 Å². The van der Waals surface area contributed by atoms with Crippen molar-refractivity contribution in [2.24, 2.45) is 5.92 Å². The predicted molar refractivity (Wildman–Crippen MR) is 126 cm³/mol. The lowest BCUT2D eigenvalue weighted by Crippen LogP contribution is -2.28. The highest BCUT2D eigenvalue weighted by atomic mass is 16.5. The van der Waals surface area contributed by atoms with Crippen LogP contribution >= 0.6 is 0 Å². The molecule has 4 heteroatoms. The first-order chi connectivity index (χ1) is 14.4. The second-order valence-electron chi connectivity index (χ2n) is 10.4. The fourth-order valence-corrected chi connectivity index (χ4v) is 4.74. The fraction of sp³-hybridized carbons (Fsp3) is 0.519. The summed E-state index contributed by atoms with van der Waals surface area (Å²) < 4.78 is 6.15. The average molecular weight is 424 g/mol. The zero-order chi connectivity index (χ0) is 23.1. The van der Waals surface area contributed by atoms with Gasteiger partial charge >= 0.3 is 5.97 Å². The normalized spacial score (nSPS) is 15.4. The minimum Gasteiger partial charge on any atom is -0.479 e. The molecule has 1 unspecified atom stereocenters. The van der Waals surface area contributed by atoms with E-state index in [0.717, 1.165) is 41.9 Å². The van der Waals surface area contributed by atoms with E-state index in [9.17, 15) is 9.90 Å². The van der Waals surface area contributed by atoms with Gasteiger partial charge in [0.2, 0.25) is 0 Å². The molecule has 0 saturated heterocycles. The first-order valence-corrected chi connectivity index (χ1v) is 11.2. The molecule has 1 aliphatic rings. The summed E-state index contributed by atoms with van der Waals surface area (Å²) in [5.41, 5.74) is 8.32. The van der Waals surface area contributed by atoms with Gasteiger partial charge in [-0.2, -0.15) is 0 Å². The van der Waals surface area contributed by atoms with Crippen LogP contribution in [-0.2, 0) is 22.6 Å². The topological polar surface area (TPSA) is 49.8 Å². The Labute approximate surface area is 187 Å². The molecule has 0 aliphatic carbocycles. The van der Waals surface area contributed by atoms with Crippen LogP contribution in [0, 0.1) is 26.7 Å². The van der Waals surface area contributed by atoms with E-state index in [4.69, 9.17) is 4.74 Å². The smallest absolute Gasteiger partial charge is 0.337 e. The number of benzene rings is 2. The van der Waals surface area contributed by atoms with Gasteiger partial charge in [0.1, 0.15) is 0 Å². The fourth-order valence-electron chi connectivity index (χ4n) is 4.74. The van der Waals surface area contributed by atoms with E-state index in [1.165, 1.54) is 22.3 Å². The first kappa shape index (κ1) is 23.5. The van der Waals surface area contributed by atoms with Crippen molar-refractivity contribution in [3.05, 3.63) is 57.6 Å². The molecular weight excluding hydrogens is 386 g/mol. The van der Waals surface area contributed by atoms with Crippen LogP contribution in [0.4, 0.5) is 0 Å². The standard InChI is InChI=1S/C27H37NO3/c1-16(2)13-28-14-21-18(4)23(20-11-9-17(3)10-12-20)24(19(5)22(21)15-28)25(26(29)30)31-27(6,7)8/h9-12,16,25H,13-15H2,1-8H3,(H,29,30). The predicted octanol–water partition coefficient (Wildman–Crippen LogP) is 6.19. The summed E-state index contributed by atoms with van der Waals surface area (Å²) in [4.78, 5) is 14.9. The number of hydrogen-bond acceptors (Lipinski definition) is 3. The highest BCUT2D eigenvalue weighted by Gasteiger charge is 2.35. The summed E-state index contributed by atoms with van der Waals surface area (Å²) in [6, 6.07) is 8.38. The Hall–Kier alpha value is -2.17. The van der Waals surface area contributed by atoms with Gasteiger partial charge in [0.05, 0.1) is 5.60 Å². The van der Waals surface area contributed by atoms with Gasteiger partial charge in [0.15, 0.2) is 6.10 Å². The van der Waals surface area contributed by atoms with E-state index in [2.05, 4.69) is 63.8 Å². The molecule has 0 fully saturated rings. The minimum absolute atomic E-state index is 0.573.